The van der Waals surface area contributed by atoms with E-state index in [0.717, 1.165) is 27.1 Å². The Balaban J connectivity index is 1.48. The van der Waals surface area contributed by atoms with Gasteiger partial charge in [-0.1, -0.05) is 42.2 Å². The molecule has 0 bridgehead atoms. The molecule has 2 heterocycles. The molecule has 8 heteroatoms. The van der Waals surface area contributed by atoms with Gasteiger partial charge in [0.15, 0.2) is 10.7 Å². The second-order valence-corrected chi connectivity index (χ2v) is 8.22. The highest BCUT2D eigenvalue weighted by Crippen LogP contribution is 2.32. The molecule has 6 nitrogen and oxygen atoms in total. The third kappa shape index (κ3) is 3.98. The van der Waals surface area contributed by atoms with E-state index in [1.807, 2.05) is 56.3 Å². The van der Waals surface area contributed by atoms with Crippen LogP contribution < -0.4 is 10.1 Å². The average Bonchev–Trinajstić information content (AvgIpc) is 3.28. The van der Waals surface area contributed by atoms with Gasteiger partial charge in [-0.15, -0.1) is 0 Å². The molecular weight excluding hydrogens is 394 g/mol. The van der Waals surface area contributed by atoms with Crippen LogP contribution in [0.5, 0.6) is 5.75 Å². The van der Waals surface area contributed by atoms with E-state index in [0.29, 0.717) is 23.4 Å². The second-order valence-electron chi connectivity index (χ2n) is 6.03. The molecule has 1 N–H and O–H groups in total. The van der Waals surface area contributed by atoms with Gasteiger partial charge in [0.2, 0.25) is 5.91 Å². The number of ether oxygens (including phenoxy) is 1. The molecule has 2 aromatic carbocycles. The van der Waals surface area contributed by atoms with Crippen molar-refractivity contribution in [2.24, 2.45) is 0 Å². The summed E-state index contributed by atoms with van der Waals surface area (Å²) in [5.41, 5.74) is 2.34. The first-order valence-electron chi connectivity index (χ1n) is 9.02. The molecule has 28 heavy (non-hydrogen) atoms. The monoisotopic (exact) mass is 413 g/mol. The number of nitrogens with one attached hydrogen (secondary N) is 1. The van der Waals surface area contributed by atoms with E-state index in [1.165, 1.54) is 23.1 Å². The summed E-state index contributed by atoms with van der Waals surface area (Å²) in [5, 5.41) is 3.67. The number of carbonyl (C=O) groups excluding carboxylic acids is 1. The summed E-state index contributed by atoms with van der Waals surface area (Å²) >= 11 is 2.76. The zero-order chi connectivity index (χ0) is 19.5. The summed E-state index contributed by atoms with van der Waals surface area (Å²) in [7, 11) is 0. The molecule has 0 saturated carbocycles. The molecule has 0 aliphatic carbocycles. The number of benzene rings is 2. The van der Waals surface area contributed by atoms with Crippen molar-refractivity contribution < 1.29 is 13.9 Å². The van der Waals surface area contributed by atoms with E-state index in [-0.39, 0.29) is 11.2 Å². The van der Waals surface area contributed by atoms with Gasteiger partial charge in [-0.05, 0) is 43.7 Å². The number of anilines is 1. The number of carbonyl (C=O) groups is 1. The molecule has 0 aliphatic heterocycles. The molecular formula is C20H19N3O3S2. The molecule has 1 atom stereocenters. The van der Waals surface area contributed by atoms with Gasteiger partial charge in [0.05, 0.1) is 22.1 Å². The first-order chi connectivity index (χ1) is 13.7. The van der Waals surface area contributed by atoms with Gasteiger partial charge in [-0.25, -0.2) is 9.97 Å². The first kappa shape index (κ1) is 18.8. The van der Waals surface area contributed by atoms with Crippen LogP contribution >= 0.6 is 23.1 Å². The predicted molar refractivity (Wildman–Crippen MR) is 113 cm³/mol. The topological polar surface area (TPSA) is 77.2 Å². The number of fused-ring (bicyclic) bond motifs is 2. The van der Waals surface area contributed by atoms with Crippen LogP contribution in [0.1, 0.15) is 20.3 Å². The first-order valence-corrected chi connectivity index (χ1v) is 10.7. The number of hydrogen-bond donors (Lipinski definition) is 1. The van der Waals surface area contributed by atoms with Crippen LogP contribution in [0.4, 0.5) is 5.13 Å². The van der Waals surface area contributed by atoms with E-state index in [9.17, 15) is 4.79 Å². The van der Waals surface area contributed by atoms with Crippen molar-refractivity contribution in [2.75, 3.05) is 11.9 Å². The molecule has 2 aromatic heterocycles. The van der Waals surface area contributed by atoms with Crippen LogP contribution in [0.3, 0.4) is 0 Å². The molecule has 0 saturated heterocycles. The summed E-state index contributed by atoms with van der Waals surface area (Å²) in [6, 6.07) is 13.3. The van der Waals surface area contributed by atoms with Crippen molar-refractivity contribution in [1.29, 1.82) is 0 Å². The normalized spacial score (nSPS) is 12.4. The number of aromatic nitrogens is 2. The fourth-order valence-electron chi connectivity index (χ4n) is 2.75. The van der Waals surface area contributed by atoms with Gasteiger partial charge in [0.25, 0.3) is 5.22 Å². The Bertz CT molecular complexity index is 1090. The van der Waals surface area contributed by atoms with Crippen LogP contribution in [0.2, 0.25) is 0 Å². The highest BCUT2D eigenvalue weighted by Gasteiger charge is 2.22. The largest absolute Gasteiger partial charge is 0.494 e. The number of hydrogen-bond acceptors (Lipinski definition) is 7. The Morgan fingerprint density at radius 2 is 2.07 bits per heavy atom. The van der Waals surface area contributed by atoms with Gasteiger partial charge in [0, 0.05) is 0 Å². The standard InChI is InChI=1S/C20H19N3O3S2/c1-3-16(28-20-22-13-7-5-6-8-15(13)26-20)18(24)23-19-21-14-10-9-12(25-4-2)11-17(14)27-19/h5-11,16H,3-4H2,1-2H3,(H,21,23,24)/t16-/m0/s1. The maximum Gasteiger partial charge on any atom is 0.257 e. The SMILES string of the molecule is CCOc1ccc2nc(NC(=O)[C@H](CC)Sc3nc4ccccc4o3)sc2c1. The fraction of sp³-hybridized carbons (Fsp3) is 0.250. The zero-order valence-electron chi connectivity index (χ0n) is 15.5. The predicted octanol–water partition coefficient (Wildman–Crippen LogP) is 5.35. The van der Waals surface area contributed by atoms with Crippen LogP contribution in [0, 0.1) is 0 Å². The minimum absolute atomic E-state index is 0.112. The Kier molecular flexibility index (Phi) is 5.50. The van der Waals surface area contributed by atoms with Crippen LogP contribution in [-0.4, -0.2) is 27.7 Å². The molecule has 0 spiro atoms. The Hall–Kier alpha value is -2.58. The quantitative estimate of drug-likeness (QED) is 0.412. The van der Waals surface area contributed by atoms with E-state index in [4.69, 9.17) is 9.15 Å². The minimum atomic E-state index is -0.320. The van der Waals surface area contributed by atoms with Crippen LogP contribution in [0.15, 0.2) is 52.1 Å². The molecule has 0 radical (unpaired) electrons. The van der Waals surface area contributed by atoms with Crippen molar-refractivity contribution in [3.63, 3.8) is 0 Å². The van der Waals surface area contributed by atoms with Crippen molar-refractivity contribution in [2.45, 2.75) is 30.7 Å². The van der Waals surface area contributed by atoms with Gasteiger partial charge >= 0.3 is 0 Å². The lowest BCUT2D eigenvalue weighted by atomic mass is 10.3. The number of para-hydroxylation sites is 2. The molecule has 144 valence electrons. The number of amides is 1. The van der Waals surface area contributed by atoms with Crippen LogP contribution in [0.25, 0.3) is 21.3 Å². The maximum absolute atomic E-state index is 12.8. The van der Waals surface area contributed by atoms with E-state index in [2.05, 4.69) is 15.3 Å². The van der Waals surface area contributed by atoms with Gasteiger partial charge in [-0.2, -0.15) is 0 Å². The van der Waals surface area contributed by atoms with Gasteiger partial charge < -0.3 is 14.5 Å². The highest BCUT2D eigenvalue weighted by atomic mass is 32.2. The van der Waals surface area contributed by atoms with Crippen molar-refractivity contribution >= 4 is 55.5 Å². The maximum atomic E-state index is 12.8. The molecule has 1 amide bonds. The number of rotatable bonds is 7. The van der Waals surface area contributed by atoms with E-state index in [1.54, 1.807) is 0 Å². The summed E-state index contributed by atoms with van der Waals surface area (Å²) in [6.07, 6.45) is 0.647. The Morgan fingerprint density at radius 3 is 2.86 bits per heavy atom. The fourth-order valence-corrected chi connectivity index (χ4v) is 4.51. The Labute approximate surface area is 170 Å². The molecule has 4 rings (SSSR count). The second kappa shape index (κ2) is 8.20. The average molecular weight is 414 g/mol. The summed E-state index contributed by atoms with van der Waals surface area (Å²) in [4.78, 5) is 21.7. The number of thiazole rings is 1. The third-order valence-electron chi connectivity index (χ3n) is 4.08. The smallest absolute Gasteiger partial charge is 0.257 e. The highest BCUT2D eigenvalue weighted by molar-refractivity contribution is 8.00. The number of oxazole rings is 1. The lowest BCUT2D eigenvalue weighted by Crippen LogP contribution is -2.24. The molecule has 0 fully saturated rings. The summed E-state index contributed by atoms with van der Waals surface area (Å²) < 4.78 is 12.2. The van der Waals surface area contributed by atoms with E-state index >= 15 is 0 Å². The summed E-state index contributed by atoms with van der Waals surface area (Å²) in [6.45, 7) is 4.52. The van der Waals surface area contributed by atoms with Gasteiger partial charge in [0.1, 0.15) is 11.3 Å². The Morgan fingerprint density at radius 1 is 1.21 bits per heavy atom. The molecule has 0 aliphatic rings. The lowest BCUT2D eigenvalue weighted by Gasteiger charge is -2.10. The van der Waals surface area contributed by atoms with Crippen molar-refractivity contribution in [1.82, 2.24) is 9.97 Å². The van der Waals surface area contributed by atoms with Crippen molar-refractivity contribution in [3.8, 4) is 5.75 Å². The summed E-state index contributed by atoms with van der Waals surface area (Å²) in [5.74, 6) is 0.688. The lowest BCUT2D eigenvalue weighted by molar-refractivity contribution is -0.115. The minimum Gasteiger partial charge on any atom is -0.494 e. The van der Waals surface area contributed by atoms with Crippen LogP contribution in [-0.2, 0) is 4.79 Å². The van der Waals surface area contributed by atoms with Gasteiger partial charge in [-0.3, -0.25) is 4.79 Å². The number of nitrogens with zero attached hydrogens (tertiary/aromatic N) is 2. The van der Waals surface area contributed by atoms with Crippen molar-refractivity contribution in [3.05, 3.63) is 42.5 Å². The zero-order valence-corrected chi connectivity index (χ0v) is 17.1. The molecule has 0 unspecified atom stereocenters. The third-order valence-corrected chi connectivity index (χ3v) is 6.22. The number of thioether (sulfide) groups is 1. The van der Waals surface area contributed by atoms with E-state index < -0.39 is 0 Å². The molecule has 4 aromatic rings.